The van der Waals surface area contributed by atoms with Gasteiger partial charge in [0.25, 0.3) is 0 Å². The van der Waals surface area contributed by atoms with Crippen LogP contribution in [0.5, 0.6) is 0 Å². The standard InChI is InChI=1S/C23H24N2O2/c1-25-16-20(23-19(15-24)5-4-6-21(23)25)18-10-8-17(9-11-18)12-14-27-22-7-2-3-13-26-22/h4-6,8-11,16,22H,2-3,7,12-14H2,1H3. The Balaban J connectivity index is 1.49. The average molecular weight is 360 g/mol. The lowest BCUT2D eigenvalue weighted by atomic mass is 10.00. The van der Waals surface area contributed by atoms with Crippen LogP contribution in [0.2, 0.25) is 0 Å². The van der Waals surface area contributed by atoms with E-state index in [2.05, 4.69) is 47.2 Å². The third-order valence-corrected chi connectivity index (χ3v) is 5.23. The van der Waals surface area contributed by atoms with Crippen LogP contribution in [0, 0.1) is 11.3 Å². The van der Waals surface area contributed by atoms with Crippen molar-refractivity contribution in [2.75, 3.05) is 13.2 Å². The third kappa shape index (κ3) is 3.75. The van der Waals surface area contributed by atoms with Gasteiger partial charge in [-0.1, -0.05) is 30.3 Å². The van der Waals surface area contributed by atoms with Crippen LogP contribution >= 0.6 is 0 Å². The summed E-state index contributed by atoms with van der Waals surface area (Å²) >= 11 is 0. The van der Waals surface area contributed by atoms with E-state index in [9.17, 15) is 5.26 Å². The fourth-order valence-electron chi connectivity index (χ4n) is 3.76. The smallest absolute Gasteiger partial charge is 0.157 e. The number of hydrogen-bond acceptors (Lipinski definition) is 3. The largest absolute Gasteiger partial charge is 0.353 e. The predicted molar refractivity (Wildman–Crippen MR) is 106 cm³/mol. The lowest BCUT2D eigenvalue weighted by Gasteiger charge is -2.22. The van der Waals surface area contributed by atoms with Crippen molar-refractivity contribution < 1.29 is 9.47 Å². The van der Waals surface area contributed by atoms with Crippen molar-refractivity contribution in [1.82, 2.24) is 4.57 Å². The molecule has 0 spiro atoms. The number of nitrogens with zero attached hydrogens (tertiary/aromatic N) is 2. The molecule has 3 aromatic rings. The molecule has 1 unspecified atom stereocenters. The second-order valence-corrected chi connectivity index (χ2v) is 7.08. The summed E-state index contributed by atoms with van der Waals surface area (Å²) in [6.45, 7) is 1.49. The van der Waals surface area contributed by atoms with Crippen molar-refractivity contribution in [1.29, 1.82) is 5.26 Å². The van der Waals surface area contributed by atoms with Gasteiger partial charge >= 0.3 is 0 Å². The highest BCUT2D eigenvalue weighted by atomic mass is 16.7. The monoisotopic (exact) mass is 360 g/mol. The number of aryl methyl sites for hydroxylation is 1. The highest BCUT2D eigenvalue weighted by Crippen LogP contribution is 2.32. The zero-order chi connectivity index (χ0) is 18.6. The van der Waals surface area contributed by atoms with Crippen LogP contribution in [0.25, 0.3) is 22.0 Å². The summed E-state index contributed by atoms with van der Waals surface area (Å²) < 4.78 is 13.5. The topological polar surface area (TPSA) is 47.2 Å². The first-order valence-electron chi connectivity index (χ1n) is 9.57. The maximum Gasteiger partial charge on any atom is 0.157 e. The number of nitriles is 1. The number of fused-ring (bicyclic) bond motifs is 1. The maximum absolute atomic E-state index is 9.48. The molecule has 4 heteroatoms. The molecule has 1 fully saturated rings. The minimum absolute atomic E-state index is 0.0295. The molecule has 0 radical (unpaired) electrons. The van der Waals surface area contributed by atoms with E-state index in [1.807, 2.05) is 19.2 Å². The van der Waals surface area contributed by atoms with Gasteiger partial charge in [0.1, 0.15) is 0 Å². The molecular weight excluding hydrogens is 336 g/mol. The molecule has 0 N–H and O–H groups in total. The van der Waals surface area contributed by atoms with Crippen LogP contribution in [0.4, 0.5) is 0 Å². The second kappa shape index (κ2) is 7.96. The number of benzene rings is 2. The quantitative estimate of drug-likeness (QED) is 0.656. The Morgan fingerprint density at radius 2 is 2.04 bits per heavy atom. The van der Waals surface area contributed by atoms with Crippen molar-refractivity contribution in [3.63, 3.8) is 0 Å². The minimum atomic E-state index is -0.0295. The molecule has 1 atom stereocenters. The van der Waals surface area contributed by atoms with Gasteiger partial charge in [0.2, 0.25) is 0 Å². The summed E-state index contributed by atoms with van der Waals surface area (Å²) in [4.78, 5) is 0. The molecular formula is C23H24N2O2. The van der Waals surface area contributed by atoms with Gasteiger partial charge in [-0.3, -0.25) is 0 Å². The summed E-state index contributed by atoms with van der Waals surface area (Å²) in [5.74, 6) is 0. The van der Waals surface area contributed by atoms with E-state index >= 15 is 0 Å². The van der Waals surface area contributed by atoms with Gasteiger partial charge in [0, 0.05) is 36.3 Å². The Hall–Kier alpha value is -2.61. The Kier molecular flexibility index (Phi) is 5.24. The Labute approximate surface area is 159 Å². The molecule has 2 heterocycles. The molecule has 1 aromatic heterocycles. The molecule has 0 amide bonds. The van der Waals surface area contributed by atoms with E-state index in [1.165, 1.54) is 12.0 Å². The number of rotatable bonds is 5. The number of aromatic nitrogens is 1. The molecule has 1 aliphatic rings. The highest BCUT2D eigenvalue weighted by molar-refractivity contribution is 5.99. The van der Waals surface area contributed by atoms with Crippen LogP contribution in [0.1, 0.15) is 30.4 Å². The lowest BCUT2D eigenvalue weighted by Crippen LogP contribution is -2.23. The lowest BCUT2D eigenvalue weighted by molar-refractivity contribution is -0.161. The molecule has 1 saturated heterocycles. The zero-order valence-electron chi connectivity index (χ0n) is 15.6. The van der Waals surface area contributed by atoms with Crippen LogP contribution in [0.3, 0.4) is 0 Å². The summed E-state index contributed by atoms with van der Waals surface area (Å²) in [6, 6.07) is 16.8. The van der Waals surface area contributed by atoms with Crippen molar-refractivity contribution in [3.05, 3.63) is 59.8 Å². The highest BCUT2D eigenvalue weighted by Gasteiger charge is 2.14. The Bertz CT molecular complexity index is 960. The van der Waals surface area contributed by atoms with Gasteiger partial charge in [-0.15, -0.1) is 0 Å². The molecule has 4 nitrogen and oxygen atoms in total. The summed E-state index contributed by atoms with van der Waals surface area (Å²) in [5.41, 5.74) is 5.27. The molecule has 0 bridgehead atoms. The van der Waals surface area contributed by atoms with E-state index in [4.69, 9.17) is 9.47 Å². The average Bonchev–Trinajstić information content (AvgIpc) is 3.06. The van der Waals surface area contributed by atoms with E-state index < -0.39 is 0 Å². The fourth-order valence-corrected chi connectivity index (χ4v) is 3.76. The van der Waals surface area contributed by atoms with Crippen molar-refractivity contribution in [2.45, 2.75) is 32.0 Å². The number of ether oxygens (including phenoxy) is 2. The van der Waals surface area contributed by atoms with Crippen LogP contribution in [0.15, 0.2) is 48.7 Å². The molecule has 2 aromatic carbocycles. The first-order chi connectivity index (χ1) is 13.3. The van der Waals surface area contributed by atoms with Gasteiger partial charge in [-0.2, -0.15) is 5.26 Å². The first-order valence-corrected chi connectivity index (χ1v) is 9.57. The second-order valence-electron chi connectivity index (χ2n) is 7.08. The molecule has 138 valence electrons. The van der Waals surface area contributed by atoms with Gasteiger partial charge in [-0.05, 0) is 48.9 Å². The van der Waals surface area contributed by atoms with Crippen molar-refractivity contribution in [3.8, 4) is 17.2 Å². The molecule has 27 heavy (non-hydrogen) atoms. The van der Waals surface area contributed by atoms with Crippen molar-refractivity contribution in [2.24, 2.45) is 7.05 Å². The molecule has 4 rings (SSSR count). The number of hydrogen-bond donors (Lipinski definition) is 0. The molecule has 1 aliphatic heterocycles. The van der Waals surface area contributed by atoms with Gasteiger partial charge in [0.15, 0.2) is 6.29 Å². The fraction of sp³-hybridized carbons (Fsp3) is 0.348. The Morgan fingerprint density at radius 3 is 2.78 bits per heavy atom. The van der Waals surface area contributed by atoms with E-state index in [-0.39, 0.29) is 6.29 Å². The van der Waals surface area contributed by atoms with Crippen LogP contribution in [-0.2, 0) is 22.9 Å². The van der Waals surface area contributed by atoms with Gasteiger partial charge in [-0.25, -0.2) is 0 Å². The van der Waals surface area contributed by atoms with Crippen molar-refractivity contribution >= 4 is 10.9 Å². The van der Waals surface area contributed by atoms with E-state index in [1.54, 1.807) is 0 Å². The summed E-state index contributed by atoms with van der Waals surface area (Å²) in [7, 11) is 2.02. The SMILES string of the molecule is Cn1cc(-c2ccc(CCOC3CCCCO3)cc2)c2c(C#N)cccc21. The molecule has 0 aliphatic carbocycles. The third-order valence-electron chi connectivity index (χ3n) is 5.23. The van der Waals surface area contributed by atoms with E-state index in [0.717, 1.165) is 47.9 Å². The summed E-state index contributed by atoms with van der Waals surface area (Å²) in [5, 5.41) is 10.5. The van der Waals surface area contributed by atoms with Gasteiger partial charge < -0.3 is 14.0 Å². The molecule has 0 saturated carbocycles. The van der Waals surface area contributed by atoms with Crippen LogP contribution in [-0.4, -0.2) is 24.1 Å². The van der Waals surface area contributed by atoms with E-state index in [0.29, 0.717) is 12.2 Å². The zero-order valence-corrected chi connectivity index (χ0v) is 15.6. The predicted octanol–water partition coefficient (Wildman–Crippen LogP) is 4.80. The summed E-state index contributed by atoms with van der Waals surface area (Å²) in [6.07, 6.45) is 6.28. The minimum Gasteiger partial charge on any atom is -0.353 e. The normalized spacial score (nSPS) is 17.1. The van der Waals surface area contributed by atoms with Crippen LogP contribution < -0.4 is 0 Å². The Morgan fingerprint density at radius 1 is 1.19 bits per heavy atom. The maximum atomic E-state index is 9.48. The van der Waals surface area contributed by atoms with Gasteiger partial charge in [0.05, 0.1) is 18.2 Å². The first kappa shape index (κ1) is 17.8.